The zero-order valence-corrected chi connectivity index (χ0v) is 10.8. The SMILES string of the molecule is COC(=O)NCCc1c(C)cc(C)cc1OC. The van der Waals surface area contributed by atoms with Crippen molar-refractivity contribution in [2.75, 3.05) is 20.8 Å². The fraction of sp³-hybridized carbons (Fsp3) is 0.462. The van der Waals surface area contributed by atoms with Crippen LogP contribution in [0, 0.1) is 13.8 Å². The van der Waals surface area contributed by atoms with Crippen molar-refractivity contribution in [1.82, 2.24) is 5.32 Å². The van der Waals surface area contributed by atoms with E-state index < -0.39 is 6.09 Å². The fourth-order valence-corrected chi connectivity index (χ4v) is 1.82. The van der Waals surface area contributed by atoms with E-state index in [0.717, 1.165) is 17.7 Å². The van der Waals surface area contributed by atoms with E-state index in [2.05, 4.69) is 16.1 Å². The van der Waals surface area contributed by atoms with Crippen LogP contribution in [0.15, 0.2) is 12.1 Å². The molecule has 1 amide bonds. The van der Waals surface area contributed by atoms with Crippen molar-refractivity contribution < 1.29 is 14.3 Å². The van der Waals surface area contributed by atoms with Gasteiger partial charge in [0.25, 0.3) is 0 Å². The minimum Gasteiger partial charge on any atom is -0.496 e. The number of amides is 1. The molecule has 0 radical (unpaired) electrons. The molecule has 0 aromatic heterocycles. The normalized spacial score (nSPS) is 9.88. The summed E-state index contributed by atoms with van der Waals surface area (Å²) in [4.78, 5) is 10.9. The van der Waals surface area contributed by atoms with Crippen LogP contribution in [0.1, 0.15) is 16.7 Å². The fourth-order valence-electron chi connectivity index (χ4n) is 1.82. The molecule has 4 nitrogen and oxygen atoms in total. The van der Waals surface area contributed by atoms with E-state index in [1.807, 2.05) is 19.9 Å². The second-order valence-electron chi connectivity index (χ2n) is 3.93. The van der Waals surface area contributed by atoms with Gasteiger partial charge in [-0.2, -0.15) is 0 Å². The molecule has 0 aliphatic rings. The third-order valence-corrected chi connectivity index (χ3v) is 2.63. The summed E-state index contributed by atoms with van der Waals surface area (Å²) in [7, 11) is 3.01. The molecule has 94 valence electrons. The van der Waals surface area contributed by atoms with Crippen LogP contribution in [-0.2, 0) is 11.2 Å². The molecule has 0 atom stereocenters. The Bertz CT molecular complexity index is 402. The number of alkyl carbamates (subject to hydrolysis) is 1. The lowest BCUT2D eigenvalue weighted by molar-refractivity contribution is 0.171. The first kappa shape index (κ1) is 13.4. The summed E-state index contributed by atoms with van der Waals surface area (Å²) in [5.74, 6) is 0.870. The van der Waals surface area contributed by atoms with Crippen LogP contribution >= 0.6 is 0 Å². The van der Waals surface area contributed by atoms with Crippen molar-refractivity contribution in [3.05, 3.63) is 28.8 Å². The van der Waals surface area contributed by atoms with Crippen LogP contribution in [0.4, 0.5) is 4.79 Å². The third kappa shape index (κ3) is 3.66. The molecule has 17 heavy (non-hydrogen) atoms. The molecular weight excluding hydrogens is 218 g/mol. The molecule has 0 fully saturated rings. The van der Waals surface area contributed by atoms with Gasteiger partial charge in [0.2, 0.25) is 0 Å². The van der Waals surface area contributed by atoms with Gasteiger partial charge < -0.3 is 14.8 Å². The minimum absolute atomic E-state index is 0.409. The predicted molar refractivity (Wildman–Crippen MR) is 66.6 cm³/mol. The Kier molecular flexibility index (Phi) is 4.82. The maximum Gasteiger partial charge on any atom is 0.406 e. The number of rotatable bonds is 4. The lowest BCUT2D eigenvalue weighted by Crippen LogP contribution is -2.25. The summed E-state index contributed by atoms with van der Waals surface area (Å²) in [6, 6.07) is 4.11. The molecule has 1 rings (SSSR count). The van der Waals surface area contributed by atoms with E-state index in [9.17, 15) is 4.79 Å². The minimum atomic E-state index is -0.409. The summed E-state index contributed by atoms with van der Waals surface area (Å²) in [5.41, 5.74) is 3.46. The molecule has 0 heterocycles. The first-order valence-corrected chi connectivity index (χ1v) is 5.54. The van der Waals surface area contributed by atoms with Crippen LogP contribution < -0.4 is 10.1 Å². The maximum atomic E-state index is 10.9. The Morgan fingerprint density at radius 2 is 2.00 bits per heavy atom. The summed E-state index contributed by atoms with van der Waals surface area (Å²) in [6.45, 7) is 4.61. The number of hydrogen-bond donors (Lipinski definition) is 1. The van der Waals surface area contributed by atoms with E-state index in [0.29, 0.717) is 6.54 Å². The molecular formula is C13H19NO3. The Morgan fingerprint density at radius 3 is 2.59 bits per heavy atom. The van der Waals surface area contributed by atoms with Crippen LogP contribution in [0.5, 0.6) is 5.75 Å². The summed E-state index contributed by atoms with van der Waals surface area (Å²) in [6.07, 6.45) is 0.318. The van der Waals surface area contributed by atoms with Gasteiger partial charge in [-0.05, 0) is 43.0 Å². The van der Waals surface area contributed by atoms with E-state index in [1.54, 1.807) is 7.11 Å². The standard InChI is InChI=1S/C13H19NO3/c1-9-7-10(2)11(12(8-9)16-3)5-6-14-13(15)17-4/h7-8H,5-6H2,1-4H3,(H,14,15). The lowest BCUT2D eigenvalue weighted by Gasteiger charge is -2.13. The van der Waals surface area contributed by atoms with E-state index in [1.165, 1.54) is 18.2 Å². The Morgan fingerprint density at radius 1 is 1.29 bits per heavy atom. The number of ether oxygens (including phenoxy) is 2. The van der Waals surface area contributed by atoms with E-state index >= 15 is 0 Å². The zero-order chi connectivity index (χ0) is 12.8. The molecule has 4 heteroatoms. The van der Waals surface area contributed by atoms with Crippen molar-refractivity contribution in [3.8, 4) is 5.75 Å². The van der Waals surface area contributed by atoms with Gasteiger partial charge in [0.1, 0.15) is 5.75 Å². The highest BCUT2D eigenvalue weighted by Gasteiger charge is 2.08. The van der Waals surface area contributed by atoms with Crippen LogP contribution in [0.3, 0.4) is 0 Å². The summed E-state index contributed by atoms with van der Waals surface area (Å²) < 4.78 is 9.86. The maximum absolute atomic E-state index is 10.9. The van der Waals surface area contributed by atoms with Gasteiger partial charge >= 0.3 is 6.09 Å². The molecule has 0 saturated carbocycles. The molecule has 1 N–H and O–H groups in total. The van der Waals surface area contributed by atoms with Crippen LogP contribution in [0.2, 0.25) is 0 Å². The predicted octanol–water partition coefficient (Wildman–Crippen LogP) is 2.21. The number of hydrogen-bond acceptors (Lipinski definition) is 3. The van der Waals surface area contributed by atoms with Gasteiger partial charge in [-0.3, -0.25) is 0 Å². The van der Waals surface area contributed by atoms with Crippen molar-refractivity contribution in [1.29, 1.82) is 0 Å². The second-order valence-corrected chi connectivity index (χ2v) is 3.93. The molecule has 0 spiro atoms. The smallest absolute Gasteiger partial charge is 0.406 e. The zero-order valence-electron chi connectivity index (χ0n) is 10.8. The average Bonchev–Trinajstić information content (AvgIpc) is 2.30. The number of carbonyl (C=O) groups is 1. The summed E-state index contributed by atoms with van der Waals surface area (Å²) >= 11 is 0. The van der Waals surface area contributed by atoms with Gasteiger partial charge in [-0.25, -0.2) is 4.79 Å². The first-order valence-electron chi connectivity index (χ1n) is 5.54. The summed E-state index contributed by atoms with van der Waals surface area (Å²) in [5, 5.41) is 2.66. The number of nitrogens with one attached hydrogen (secondary N) is 1. The highest BCUT2D eigenvalue weighted by molar-refractivity contribution is 5.66. The number of methoxy groups -OCH3 is 2. The Hall–Kier alpha value is -1.71. The molecule has 0 unspecified atom stereocenters. The molecule has 1 aromatic carbocycles. The van der Waals surface area contributed by atoms with Crippen LogP contribution in [0.25, 0.3) is 0 Å². The third-order valence-electron chi connectivity index (χ3n) is 2.63. The van der Waals surface area contributed by atoms with Crippen molar-refractivity contribution >= 4 is 6.09 Å². The number of benzene rings is 1. The topological polar surface area (TPSA) is 47.6 Å². The van der Waals surface area contributed by atoms with Gasteiger partial charge in [-0.1, -0.05) is 6.07 Å². The molecule has 1 aromatic rings. The number of carbonyl (C=O) groups excluding carboxylic acids is 1. The van der Waals surface area contributed by atoms with Gasteiger partial charge in [0, 0.05) is 6.54 Å². The Labute approximate surface area is 102 Å². The first-order chi connectivity index (χ1) is 8.08. The van der Waals surface area contributed by atoms with Gasteiger partial charge in [-0.15, -0.1) is 0 Å². The van der Waals surface area contributed by atoms with Crippen molar-refractivity contribution in [2.24, 2.45) is 0 Å². The quantitative estimate of drug-likeness (QED) is 0.873. The van der Waals surface area contributed by atoms with E-state index in [-0.39, 0.29) is 0 Å². The Balaban J connectivity index is 2.73. The van der Waals surface area contributed by atoms with Crippen molar-refractivity contribution in [2.45, 2.75) is 20.3 Å². The van der Waals surface area contributed by atoms with Gasteiger partial charge in [0.05, 0.1) is 14.2 Å². The second kappa shape index (κ2) is 6.13. The monoisotopic (exact) mass is 237 g/mol. The largest absolute Gasteiger partial charge is 0.496 e. The van der Waals surface area contributed by atoms with Crippen LogP contribution in [-0.4, -0.2) is 26.9 Å². The number of aryl methyl sites for hydroxylation is 2. The molecule has 0 saturated heterocycles. The lowest BCUT2D eigenvalue weighted by atomic mass is 10.0. The molecule has 0 bridgehead atoms. The molecule has 0 aliphatic carbocycles. The van der Waals surface area contributed by atoms with Crippen molar-refractivity contribution in [3.63, 3.8) is 0 Å². The molecule has 0 aliphatic heterocycles. The highest BCUT2D eigenvalue weighted by atomic mass is 16.5. The van der Waals surface area contributed by atoms with Gasteiger partial charge in [0.15, 0.2) is 0 Å². The highest BCUT2D eigenvalue weighted by Crippen LogP contribution is 2.24. The van der Waals surface area contributed by atoms with E-state index in [4.69, 9.17) is 4.74 Å². The average molecular weight is 237 g/mol.